The molecule has 0 saturated heterocycles. The number of carbonyl (C=O) groups is 1. The van der Waals surface area contributed by atoms with E-state index in [9.17, 15) is 4.79 Å². The molecule has 3 aliphatic carbocycles. The van der Waals surface area contributed by atoms with Crippen LogP contribution in [0.5, 0.6) is 0 Å². The standard InChI is InChI=1S/C44H46O2P2/c1-33-29-30-34-32-42(48(38-24-13-7-14-25-38)39-26-15-8-16-27-39)35(31-40(34)43(45)46-44(2,3)4)19-17-18-28-41(33)47(36-20-9-5-10-21-36)37-22-11-6-12-23-37/h5-16,18,20-28,31,34H,17,19,29-30,32H2,1-4H3/b28-18+,41-33-. The number of fused-ring (bicyclic) bond motifs is 6. The summed E-state index contributed by atoms with van der Waals surface area (Å²) in [6.45, 7) is 8.21. The number of allylic oxidation sites excluding steroid dienone is 7. The van der Waals surface area contributed by atoms with Crippen molar-refractivity contribution < 1.29 is 9.53 Å². The molecule has 4 heteroatoms. The fraction of sp³-hybridized carbons (Fsp3) is 0.250. The molecule has 0 fully saturated rings. The largest absolute Gasteiger partial charge is 0.457 e. The van der Waals surface area contributed by atoms with Crippen molar-refractivity contribution in [2.45, 2.75) is 65.4 Å². The smallest absolute Gasteiger partial charge is 0.334 e. The van der Waals surface area contributed by atoms with Crippen LogP contribution in [0.4, 0.5) is 0 Å². The molecular formula is C44H46O2P2. The SMILES string of the molecule is C/C1=C(P(c2ccccc2)c2ccccc2)\C=C\CCC2=C(P(c3ccccc3)c3ccccc3)CC(CC1)C(C(=O)OC(C)(C)C)=C2. The molecule has 7 rings (SSSR count). The molecular weight excluding hydrogens is 622 g/mol. The van der Waals surface area contributed by atoms with Gasteiger partial charge in [-0.15, -0.1) is 0 Å². The summed E-state index contributed by atoms with van der Waals surface area (Å²) >= 11 is 0. The molecule has 0 aromatic heterocycles. The molecule has 48 heavy (non-hydrogen) atoms. The highest BCUT2D eigenvalue weighted by Crippen LogP contribution is 2.53. The van der Waals surface area contributed by atoms with Gasteiger partial charge in [-0.05, 0) is 125 Å². The van der Waals surface area contributed by atoms with E-state index in [1.165, 1.54) is 43.0 Å². The Bertz CT molecular complexity index is 1740. The fourth-order valence-electron chi connectivity index (χ4n) is 6.69. The van der Waals surface area contributed by atoms with Crippen LogP contribution < -0.4 is 21.2 Å². The van der Waals surface area contributed by atoms with Crippen LogP contribution in [-0.2, 0) is 9.53 Å². The number of carbonyl (C=O) groups excluding carboxylic acids is 1. The molecule has 0 N–H and O–H groups in total. The number of esters is 1. The van der Waals surface area contributed by atoms with E-state index in [-0.39, 0.29) is 11.9 Å². The second-order valence-electron chi connectivity index (χ2n) is 13.6. The number of benzene rings is 4. The highest BCUT2D eigenvalue weighted by molar-refractivity contribution is 7.77. The highest BCUT2D eigenvalue weighted by atomic mass is 31.1. The Balaban J connectivity index is 1.47. The first-order chi connectivity index (χ1) is 23.3. The molecule has 2 nitrogen and oxygen atoms in total. The summed E-state index contributed by atoms with van der Waals surface area (Å²) in [4.78, 5) is 13.9. The van der Waals surface area contributed by atoms with Gasteiger partial charge in [-0.25, -0.2) is 4.79 Å². The molecule has 3 aliphatic rings. The summed E-state index contributed by atoms with van der Waals surface area (Å²) in [7, 11) is -1.48. The first-order valence-corrected chi connectivity index (χ1v) is 19.8. The third-order valence-corrected chi connectivity index (χ3v) is 14.2. The molecule has 244 valence electrons. The summed E-state index contributed by atoms with van der Waals surface area (Å²) in [5, 5.41) is 8.36. The number of rotatable bonds is 7. The first kappa shape index (κ1) is 34.0. The molecule has 0 radical (unpaired) electrons. The maximum Gasteiger partial charge on any atom is 0.334 e. The van der Waals surface area contributed by atoms with Crippen LogP contribution in [-0.4, -0.2) is 11.6 Å². The van der Waals surface area contributed by atoms with Gasteiger partial charge in [0.25, 0.3) is 0 Å². The Kier molecular flexibility index (Phi) is 11.1. The van der Waals surface area contributed by atoms with Crippen molar-refractivity contribution in [3.63, 3.8) is 0 Å². The molecule has 0 amide bonds. The van der Waals surface area contributed by atoms with E-state index >= 15 is 0 Å². The second-order valence-corrected chi connectivity index (χ2v) is 18.1. The monoisotopic (exact) mass is 668 g/mol. The lowest BCUT2D eigenvalue weighted by Gasteiger charge is -2.34. The second kappa shape index (κ2) is 15.6. The van der Waals surface area contributed by atoms with Gasteiger partial charge in [-0.3, -0.25) is 0 Å². The Morgan fingerprint density at radius 3 is 1.65 bits per heavy atom. The van der Waals surface area contributed by atoms with E-state index in [2.05, 4.69) is 146 Å². The van der Waals surface area contributed by atoms with Gasteiger partial charge < -0.3 is 4.74 Å². The summed E-state index contributed by atoms with van der Waals surface area (Å²) in [6, 6.07) is 43.9. The topological polar surface area (TPSA) is 26.3 Å². The van der Waals surface area contributed by atoms with Crippen molar-refractivity contribution in [1.29, 1.82) is 0 Å². The van der Waals surface area contributed by atoms with Gasteiger partial charge in [0.05, 0.1) is 0 Å². The number of hydrogen-bond acceptors (Lipinski definition) is 2. The average molecular weight is 669 g/mol. The molecule has 4 aromatic carbocycles. The molecule has 2 bridgehead atoms. The van der Waals surface area contributed by atoms with Gasteiger partial charge in [0.2, 0.25) is 0 Å². The lowest BCUT2D eigenvalue weighted by atomic mass is 9.82. The van der Waals surface area contributed by atoms with Crippen LogP contribution >= 0.6 is 15.8 Å². The minimum atomic E-state index is -0.754. The predicted octanol–water partition coefficient (Wildman–Crippen LogP) is 10.2. The third-order valence-electron chi connectivity index (χ3n) is 8.94. The molecule has 0 aliphatic heterocycles. The van der Waals surface area contributed by atoms with E-state index in [1.807, 2.05) is 20.8 Å². The van der Waals surface area contributed by atoms with Gasteiger partial charge in [0.15, 0.2) is 0 Å². The van der Waals surface area contributed by atoms with Crippen LogP contribution in [0.3, 0.4) is 0 Å². The first-order valence-electron chi connectivity index (χ1n) is 17.1. The minimum Gasteiger partial charge on any atom is -0.457 e. The normalized spacial score (nSPS) is 19.5. The maximum absolute atomic E-state index is 13.9. The van der Waals surface area contributed by atoms with E-state index in [0.717, 1.165) is 37.7 Å². The Morgan fingerprint density at radius 2 is 1.17 bits per heavy atom. The highest BCUT2D eigenvalue weighted by Gasteiger charge is 2.34. The zero-order chi connectivity index (χ0) is 33.5. The van der Waals surface area contributed by atoms with Crippen molar-refractivity contribution in [2.75, 3.05) is 0 Å². The fourth-order valence-corrected chi connectivity index (χ4v) is 12.0. The van der Waals surface area contributed by atoms with E-state index < -0.39 is 21.4 Å². The number of ether oxygens (including phenoxy) is 1. The van der Waals surface area contributed by atoms with Crippen molar-refractivity contribution in [3.8, 4) is 0 Å². The van der Waals surface area contributed by atoms with Crippen molar-refractivity contribution in [1.82, 2.24) is 0 Å². The van der Waals surface area contributed by atoms with Gasteiger partial charge in [0, 0.05) is 5.57 Å². The molecule has 1 unspecified atom stereocenters. The van der Waals surface area contributed by atoms with Gasteiger partial charge in [-0.2, -0.15) is 0 Å². The van der Waals surface area contributed by atoms with Crippen LogP contribution in [0.25, 0.3) is 0 Å². The Morgan fingerprint density at radius 1 is 0.688 bits per heavy atom. The van der Waals surface area contributed by atoms with E-state index in [0.29, 0.717) is 0 Å². The third kappa shape index (κ3) is 8.23. The van der Waals surface area contributed by atoms with Crippen LogP contribution in [0, 0.1) is 5.92 Å². The molecule has 1 atom stereocenters. The van der Waals surface area contributed by atoms with Crippen molar-refractivity contribution in [3.05, 3.63) is 167 Å². The van der Waals surface area contributed by atoms with E-state index in [4.69, 9.17) is 4.74 Å². The van der Waals surface area contributed by atoms with Crippen molar-refractivity contribution >= 4 is 43.0 Å². The predicted molar refractivity (Wildman–Crippen MR) is 208 cm³/mol. The minimum absolute atomic E-state index is 0.0790. The molecule has 4 aromatic rings. The lowest BCUT2D eigenvalue weighted by molar-refractivity contribution is -0.150. The maximum atomic E-state index is 13.9. The van der Waals surface area contributed by atoms with E-state index in [1.54, 1.807) is 0 Å². The van der Waals surface area contributed by atoms with Gasteiger partial charge >= 0.3 is 5.97 Å². The zero-order valence-electron chi connectivity index (χ0n) is 28.6. The molecule has 0 heterocycles. The summed E-state index contributed by atoms with van der Waals surface area (Å²) in [5.74, 6) is -0.0895. The molecule has 0 saturated carbocycles. The quantitative estimate of drug-likeness (QED) is 0.145. The lowest BCUT2D eigenvalue weighted by Crippen LogP contribution is -2.29. The summed E-state index contributed by atoms with van der Waals surface area (Å²) in [5.41, 5.74) is 2.99. The van der Waals surface area contributed by atoms with Crippen LogP contribution in [0.1, 0.15) is 59.8 Å². The van der Waals surface area contributed by atoms with Crippen LogP contribution in [0.15, 0.2) is 167 Å². The van der Waals surface area contributed by atoms with Gasteiger partial charge in [-0.1, -0.05) is 139 Å². The Hall–Kier alpha value is -3.83. The average Bonchev–Trinajstić information content (AvgIpc) is 3.09. The summed E-state index contributed by atoms with van der Waals surface area (Å²) in [6.07, 6.45) is 11.5. The summed E-state index contributed by atoms with van der Waals surface area (Å²) < 4.78 is 6.07. The molecule has 0 spiro atoms. The van der Waals surface area contributed by atoms with Crippen molar-refractivity contribution in [2.24, 2.45) is 5.92 Å². The number of hydrogen-bond donors (Lipinski definition) is 0. The van der Waals surface area contributed by atoms with Gasteiger partial charge in [0.1, 0.15) is 5.60 Å². The zero-order valence-corrected chi connectivity index (χ0v) is 30.4. The Labute approximate surface area is 289 Å². The van der Waals surface area contributed by atoms with Crippen LogP contribution in [0.2, 0.25) is 0 Å².